The Morgan fingerprint density at radius 1 is 1.56 bits per heavy atom. The van der Waals surface area contributed by atoms with E-state index in [0.29, 0.717) is 18.4 Å². The molecule has 6 nitrogen and oxygen atoms in total. The molecule has 0 amide bonds. The van der Waals surface area contributed by atoms with Crippen LogP contribution >= 0.6 is 11.3 Å². The second kappa shape index (κ2) is 4.85. The first-order chi connectivity index (χ1) is 8.56. The van der Waals surface area contributed by atoms with Crippen molar-refractivity contribution in [3.8, 4) is 0 Å². The van der Waals surface area contributed by atoms with Crippen LogP contribution in [0.15, 0.2) is 5.38 Å². The van der Waals surface area contributed by atoms with E-state index in [2.05, 4.69) is 4.74 Å². The number of thiophene rings is 1. The minimum atomic E-state index is -0.979. The van der Waals surface area contributed by atoms with Gasteiger partial charge in [-0.05, 0) is 23.8 Å². The normalized spacial score (nSPS) is 17.9. The molecular weight excluding hydrogens is 258 g/mol. The van der Waals surface area contributed by atoms with Gasteiger partial charge in [0.05, 0.1) is 17.6 Å². The molecule has 0 aromatic carbocycles. The molecule has 0 spiro atoms. The number of Topliss-reactive ketones (excluding diaryl/α,β-unsaturated/α-hetero) is 1. The minimum absolute atomic E-state index is 0.151. The largest absolute Gasteiger partial charge is 0.463 e. The van der Waals surface area contributed by atoms with E-state index >= 15 is 0 Å². The maximum atomic E-state index is 11.8. The first-order valence-corrected chi connectivity index (χ1v) is 6.30. The Balaban J connectivity index is 2.46. The summed E-state index contributed by atoms with van der Waals surface area (Å²) < 4.78 is 4.37. The molecule has 1 aliphatic rings. The van der Waals surface area contributed by atoms with Gasteiger partial charge in [-0.3, -0.25) is 14.9 Å². The summed E-state index contributed by atoms with van der Waals surface area (Å²) in [6.07, 6.45) is 1.84. The lowest BCUT2D eigenvalue weighted by Crippen LogP contribution is -2.22. The summed E-state index contributed by atoms with van der Waals surface area (Å²) in [5.74, 6) is -1.77. The number of nitrogens with zero attached hydrogens (tertiary/aromatic N) is 1. The Morgan fingerprint density at radius 2 is 2.28 bits per heavy atom. The number of fused-ring (bicyclic) bond motifs is 1. The molecule has 96 valence electrons. The fourth-order valence-corrected chi connectivity index (χ4v) is 3.25. The lowest BCUT2D eigenvalue weighted by molar-refractivity contribution is -0.531. The van der Waals surface area contributed by atoms with Gasteiger partial charge in [-0.2, -0.15) is 0 Å². The van der Waals surface area contributed by atoms with Crippen molar-refractivity contribution in [3.05, 3.63) is 31.5 Å². The van der Waals surface area contributed by atoms with E-state index in [1.807, 2.05) is 0 Å². The van der Waals surface area contributed by atoms with Gasteiger partial charge in [-0.1, -0.05) is 0 Å². The number of rotatable bonds is 3. The zero-order valence-corrected chi connectivity index (χ0v) is 10.5. The van der Waals surface area contributed by atoms with Gasteiger partial charge < -0.3 is 4.74 Å². The van der Waals surface area contributed by atoms with E-state index < -0.39 is 22.7 Å². The molecule has 0 radical (unpaired) electrons. The highest BCUT2D eigenvalue weighted by Crippen LogP contribution is 2.38. The van der Waals surface area contributed by atoms with Gasteiger partial charge in [-0.15, -0.1) is 11.3 Å². The summed E-state index contributed by atoms with van der Waals surface area (Å²) in [7, 11) is 1.12. The Hall–Kier alpha value is -1.76. The molecule has 2 rings (SSSR count). The third kappa shape index (κ3) is 2.01. The third-order valence-corrected chi connectivity index (χ3v) is 4.04. The smallest absolute Gasteiger partial charge is 0.380 e. The van der Waals surface area contributed by atoms with Crippen LogP contribution in [0.4, 0.5) is 0 Å². The van der Waals surface area contributed by atoms with Gasteiger partial charge in [0.1, 0.15) is 0 Å². The maximum absolute atomic E-state index is 11.8. The standard InChI is InChI=1S/C11H11NO5S/c1-17-11(14)9(13)10-8-6(5-18-10)3-2-4-7(8)12(15)16/h5,7H,2-4H2,1H3. The van der Waals surface area contributed by atoms with Crippen LogP contribution in [0.3, 0.4) is 0 Å². The Morgan fingerprint density at radius 3 is 2.89 bits per heavy atom. The van der Waals surface area contributed by atoms with Crippen LogP contribution < -0.4 is 0 Å². The lowest BCUT2D eigenvalue weighted by atomic mass is 9.89. The second-order valence-corrected chi connectivity index (χ2v) is 4.90. The fourth-order valence-electron chi connectivity index (χ4n) is 2.16. The number of ether oxygens (including phenoxy) is 1. The molecule has 1 aromatic heterocycles. The maximum Gasteiger partial charge on any atom is 0.380 e. The Bertz CT molecular complexity index is 522. The Labute approximate surface area is 107 Å². The second-order valence-electron chi connectivity index (χ2n) is 4.02. The van der Waals surface area contributed by atoms with Crippen molar-refractivity contribution in [3.63, 3.8) is 0 Å². The molecule has 0 saturated carbocycles. The van der Waals surface area contributed by atoms with E-state index in [-0.39, 0.29) is 4.88 Å². The highest BCUT2D eigenvalue weighted by Gasteiger charge is 2.36. The van der Waals surface area contributed by atoms with E-state index in [1.165, 1.54) is 0 Å². The highest BCUT2D eigenvalue weighted by molar-refractivity contribution is 7.13. The van der Waals surface area contributed by atoms with Crippen LogP contribution in [0.2, 0.25) is 0 Å². The van der Waals surface area contributed by atoms with Crippen molar-refractivity contribution in [2.45, 2.75) is 25.3 Å². The fraction of sp³-hybridized carbons (Fsp3) is 0.455. The monoisotopic (exact) mass is 269 g/mol. The molecule has 1 atom stereocenters. The minimum Gasteiger partial charge on any atom is -0.463 e. The summed E-state index contributed by atoms with van der Waals surface area (Å²) in [5.41, 5.74) is 1.21. The first kappa shape index (κ1) is 12.7. The van der Waals surface area contributed by atoms with Gasteiger partial charge in [0, 0.05) is 11.3 Å². The number of carbonyl (C=O) groups is 2. The van der Waals surface area contributed by atoms with Crippen LogP contribution in [0, 0.1) is 10.1 Å². The van der Waals surface area contributed by atoms with Crippen LogP contribution in [-0.2, 0) is 16.0 Å². The zero-order valence-electron chi connectivity index (χ0n) is 9.67. The predicted molar refractivity (Wildman–Crippen MR) is 63.3 cm³/mol. The number of hydrogen-bond donors (Lipinski definition) is 0. The summed E-state index contributed by atoms with van der Waals surface area (Å²) in [4.78, 5) is 33.8. The number of methoxy groups -OCH3 is 1. The molecule has 1 unspecified atom stereocenters. The number of carbonyl (C=O) groups excluding carboxylic acids is 2. The van der Waals surface area contributed by atoms with Gasteiger partial charge in [0.25, 0.3) is 5.78 Å². The van der Waals surface area contributed by atoms with Gasteiger partial charge in [0.15, 0.2) is 0 Å². The number of esters is 1. The average molecular weight is 269 g/mol. The molecule has 0 saturated heterocycles. The van der Waals surface area contributed by atoms with Crippen LogP contribution in [0.5, 0.6) is 0 Å². The lowest BCUT2D eigenvalue weighted by Gasteiger charge is -2.17. The van der Waals surface area contributed by atoms with Gasteiger partial charge >= 0.3 is 5.97 Å². The molecule has 1 aromatic rings. The summed E-state index contributed by atoms with van der Waals surface area (Å²) >= 11 is 1.08. The van der Waals surface area contributed by atoms with Crippen molar-refractivity contribution in [1.29, 1.82) is 0 Å². The molecule has 18 heavy (non-hydrogen) atoms. The van der Waals surface area contributed by atoms with Crippen molar-refractivity contribution < 1.29 is 19.2 Å². The average Bonchev–Trinajstić information content (AvgIpc) is 2.80. The number of nitro groups is 1. The van der Waals surface area contributed by atoms with E-state index in [9.17, 15) is 19.7 Å². The van der Waals surface area contributed by atoms with Crippen molar-refractivity contribution in [2.24, 2.45) is 0 Å². The SMILES string of the molecule is COC(=O)C(=O)c1scc2c1C([N+](=O)[O-])CCC2. The topological polar surface area (TPSA) is 86.5 Å². The summed E-state index contributed by atoms with van der Waals surface area (Å²) in [5, 5.41) is 12.7. The van der Waals surface area contributed by atoms with Gasteiger partial charge in [0.2, 0.25) is 6.04 Å². The van der Waals surface area contributed by atoms with Crippen molar-refractivity contribution >= 4 is 23.1 Å². The van der Waals surface area contributed by atoms with Crippen LogP contribution in [0.1, 0.15) is 39.7 Å². The Kier molecular flexibility index (Phi) is 3.42. The molecule has 0 bridgehead atoms. The molecule has 1 heterocycles. The number of ketones is 1. The van der Waals surface area contributed by atoms with E-state index in [1.54, 1.807) is 5.38 Å². The quantitative estimate of drug-likeness (QED) is 0.274. The summed E-state index contributed by atoms with van der Waals surface area (Å²) in [6.45, 7) is 0. The van der Waals surface area contributed by atoms with E-state index in [0.717, 1.165) is 30.4 Å². The molecular formula is C11H11NO5S. The number of hydrogen-bond acceptors (Lipinski definition) is 6. The molecule has 0 fully saturated rings. The highest BCUT2D eigenvalue weighted by atomic mass is 32.1. The molecule has 7 heteroatoms. The van der Waals surface area contributed by atoms with Crippen LogP contribution in [-0.4, -0.2) is 23.8 Å². The van der Waals surface area contributed by atoms with Crippen LogP contribution in [0.25, 0.3) is 0 Å². The number of aryl methyl sites for hydroxylation is 1. The van der Waals surface area contributed by atoms with Crippen molar-refractivity contribution in [2.75, 3.05) is 7.11 Å². The van der Waals surface area contributed by atoms with E-state index in [4.69, 9.17) is 0 Å². The zero-order chi connectivity index (χ0) is 13.3. The first-order valence-electron chi connectivity index (χ1n) is 5.42. The third-order valence-electron chi connectivity index (χ3n) is 3.00. The molecule has 0 aliphatic heterocycles. The van der Waals surface area contributed by atoms with Crippen molar-refractivity contribution in [1.82, 2.24) is 0 Å². The summed E-state index contributed by atoms with van der Waals surface area (Å²) in [6, 6.07) is -0.886. The predicted octanol–water partition coefficient (Wildman–Crippen LogP) is 1.76. The van der Waals surface area contributed by atoms with Gasteiger partial charge in [-0.25, -0.2) is 4.79 Å². The molecule has 1 aliphatic carbocycles. The molecule has 0 N–H and O–H groups in total.